The van der Waals surface area contributed by atoms with E-state index >= 15 is 0 Å². The van der Waals surface area contributed by atoms with Crippen molar-refractivity contribution in [3.8, 4) is 0 Å². The zero-order valence-electron chi connectivity index (χ0n) is 14.6. The third kappa shape index (κ3) is 8.42. The molecular weight excluding hydrogens is 316 g/mol. The van der Waals surface area contributed by atoms with Crippen LogP contribution in [0.2, 0.25) is 0 Å². The molecule has 26 heavy (non-hydrogen) atoms. The highest BCUT2D eigenvalue weighted by molar-refractivity contribution is 5.99. The summed E-state index contributed by atoms with van der Waals surface area (Å²) in [6.45, 7) is 0. The summed E-state index contributed by atoms with van der Waals surface area (Å²) in [5.41, 5.74) is 2.29. The van der Waals surface area contributed by atoms with Crippen LogP contribution in [0.5, 0.6) is 0 Å². The second-order valence-corrected chi connectivity index (χ2v) is 5.43. The van der Waals surface area contributed by atoms with Gasteiger partial charge in [-0.1, -0.05) is 121 Å². The number of carbonyl (C=O) groups excluding carboxylic acids is 1. The first-order valence-corrected chi connectivity index (χ1v) is 8.51. The molecule has 2 rings (SSSR count). The molecule has 0 aromatic heterocycles. The van der Waals surface area contributed by atoms with Gasteiger partial charge in [0.25, 0.3) is 0 Å². The third-order valence-corrected chi connectivity index (χ3v) is 3.36. The van der Waals surface area contributed by atoms with Crippen LogP contribution in [0.3, 0.4) is 0 Å². The molecule has 0 atom stereocenters. The van der Waals surface area contributed by atoms with Gasteiger partial charge in [0.2, 0.25) is 0 Å². The van der Waals surface area contributed by atoms with Crippen molar-refractivity contribution >= 4 is 17.9 Å². The molecule has 2 aromatic rings. The van der Waals surface area contributed by atoms with Gasteiger partial charge in [-0.2, -0.15) is 0 Å². The fraction of sp³-hybridized carbons (Fsp3) is 0. The Morgan fingerprint density at radius 3 is 1.31 bits per heavy atom. The van der Waals surface area contributed by atoms with E-state index in [4.69, 9.17) is 0 Å². The van der Waals surface area contributed by atoms with Crippen LogP contribution in [0.25, 0.3) is 12.2 Å². The Morgan fingerprint density at radius 2 is 0.885 bits per heavy atom. The quantitative estimate of drug-likeness (QED) is 0.413. The van der Waals surface area contributed by atoms with E-state index in [2.05, 4.69) is 0 Å². The van der Waals surface area contributed by atoms with Crippen molar-refractivity contribution in [2.75, 3.05) is 0 Å². The molecule has 0 amide bonds. The lowest BCUT2D eigenvalue weighted by Crippen LogP contribution is -1.82. The fourth-order valence-electron chi connectivity index (χ4n) is 2.07. The van der Waals surface area contributed by atoms with Crippen LogP contribution in [0.4, 0.5) is 0 Å². The molecule has 0 saturated carbocycles. The second kappa shape index (κ2) is 12.0. The van der Waals surface area contributed by atoms with E-state index in [9.17, 15) is 4.79 Å². The average Bonchev–Trinajstić information content (AvgIpc) is 2.69. The SMILES string of the molecule is O=C(/C=C/C=C/C=C/c1ccccc1)/C=C/C=C/C=C/c1ccccc1. The predicted octanol–water partition coefficient (Wildman–Crippen LogP) is 6.21. The topological polar surface area (TPSA) is 17.1 Å². The first-order chi connectivity index (χ1) is 12.8. The second-order valence-electron chi connectivity index (χ2n) is 5.43. The van der Waals surface area contributed by atoms with Crippen molar-refractivity contribution in [3.63, 3.8) is 0 Å². The molecule has 0 N–H and O–H groups in total. The third-order valence-electron chi connectivity index (χ3n) is 3.36. The lowest BCUT2D eigenvalue weighted by Gasteiger charge is -1.88. The molecule has 0 aliphatic rings. The zero-order chi connectivity index (χ0) is 18.3. The molecule has 1 nitrogen and oxygen atoms in total. The van der Waals surface area contributed by atoms with E-state index in [1.54, 1.807) is 12.2 Å². The van der Waals surface area contributed by atoms with Crippen LogP contribution in [-0.4, -0.2) is 5.78 Å². The van der Waals surface area contributed by atoms with Crippen LogP contribution < -0.4 is 0 Å². The van der Waals surface area contributed by atoms with Crippen LogP contribution in [-0.2, 0) is 4.79 Å². The maximum absolute atomic E-state index is 11.7. The van der Waals surface area contributed by atoms with E-state index in [1.165, 1.54) is 12.2 Å². The monoisotopic (exact) mass is 338 g/mol. The lowest BCUT2D eigenvalue weighted by atomic mass is 10.2. The molecule has 0 radical (unpaired) electrons. The highest BCUT2D eigenvalue weighted by atomic mass is 16.1. The number of allylic oxidation sites excluding steroid dienone is 10. The minimum Gasteiger partial charge on any atom is -0.290 e. The number of benzene rings is 2. The van der Waals surface area contributed by atoms with E-state index in [-0.39, 0.29) is 5.78 Å². The first-order valence-electron chi connectivity index (χ1n) is 8.51. The molecule has 128 valence electrons. The molecule has 0 bridgehead atoms. The van der Waals surface area contributed by atoms with Crippen molar-refractivity contribution < 1.29 is 4.79 Å². The summed E-state index contributed by atoms with van der Waals surface area (Å²) >= 11 is 0. The van der Waals surface area contributed by atoms with Gasteiger partial charge in [-0.3, -0.25) is 4.79 Å². The van der Waals surface area contributed by atoms with Crippen LogP contribution in [0, 0.1) is 0 Å². The number of carbonyl (C=O) groups is 1. The largest absolute Gasteiger partial charge is 0.290 e. The first kappa shape index (κ1) is 18.9. The van der Waals surface area contributed by atoms with Crippen LogP contribution in [0.1, 0.15) is 11.1 Å². The van der Waals surface area contributed by atoms with Crippen molar-refractivity contribution in [2.24, 2.45) is 0 Å². The summed E-state index contributed by atoms with van der Waals surface area (Å²) in [5, 5.41) is 0. The van der Waals surface area contributed by atoms with Gasteiger partial charge in [-0.25, -0.2) is 0 Å². The number of rotatable bonds is 8. The maximum Gasteiger partial charge on any atom is 0.178 e. The van der Waals surface area contributed by atoms with Crippen molar-refractivity contribution in [1.29, 1.82) is 0 Å². The maximum atomic E-state index is 11.7. The Balaban J connectivity index is 1.70. The molecule has 0 aliphatic heterocycles. The normalized spacial score (nSPS) is 12.6. The van der Waals surface area contributed by atoms with Crippen molar-refractivity contribution in [3.05, 3.63) is 133 Å². The minimum absolute atomic E-state index is 0.0432. The standard InChI is InChI=1S/C25H22O/c26-25(21-13-3-1-7-15-23-17-9-5-10-18-23)22-14-4-2-8-16-24-19-11-6-12-20-24/h1-22H/b3-1+,4-2+,15-7+,16-8+,21-13+,22-14+. The molecule has 0 heterocycles. The molecular formula is C25H22O. The Bertz CT molecular complexity index is 761. The van der Waals surface area contributed by atoms with Gasteiger partial charge in [-0.05, 0) is 23.3 Å². The number of ketones is 1. The van der Waals surface area contributed by atoms with Gasteiger partial charge in [0, 0.05) is 0 Å². The summed E-state index contributed by atoms with van der Waals surface area (Å²) in [4.78, 5) is 11.7. The van der Waals surface area contributed by atoms with Crippen molar-refractivity contribution in [1.82, 2.24) is 0 Å². The van der Waals surface area contributed by atoms with Gasteiger partial charge < -0.3 is 0 Å². The lowest BCUT2D eigenvalue weighted by molar-refractivity contribution is -0.110. The van der Waals surface area contributed by atoms with Gasteiger partial charge in [-0.15, -0.1) is 0 Å². The summed E-state index contributed by atoms with van der Waals surface area (Å²) < 4.78 is 0. The Kier molecular flexibility index (Phi) is 8.71. The van der Waals surface area contributed by atoms with E-state index in [0.717, 1.165) is 11.1 Å². The van der Waals surface area contributed by atoms with E-state index in [0.29, 0.717) is 0 Å². The smallest absolute Gasteiger partial charge is 0.178 e. The highest BCUT2D eigenvalue weighted by Crippen LogP contribution is 2.01. The minimum atomic E-state index is -0.0432. The molecule has 0 unspecified atom stereocenters. The highest BCUT2D eigenvalue weighted by Gasteiger charge is 1.84. The number of hydrogen-bond donors (Lipinski definition) is 0. The molecule has 0 saturated heterocycles. The predicted molar refractivity (Wildman–Crippen MR) is 113 cm³/mol. The van der Waals surface area contributed by atoms with Crippen LogP contribution in [0.15, 0.2) is 121 Å². The summed E-state index contributed by atoms with van der Waals surface area (Å²) in [6, 6.07) is 20.1. The zero-order valence-corrected chi connectivity index (χ0v) is 14.6. The summed E-state index contributed by atoms with van der Waals surface area (Å²) in [7, 11) is 0. The molecule has 0 fully saturated rings. The van der Waals surface area contributed by atoms with Crippen LogP contribution >= 0.6 is 0 Å². The Labute approximate surface area is 155 Å². The van der Waals surface area contributed by atoms with E-state index in [1.807, 2.05) is 109 Å². The Hall–Kier alpha value is -3.45. The molecule has 1 heteroatoms. The average molecular weight is 338 g/mol. The summed E-state index contributed by atoms with van der Waals surface area (Å²) in [6.07, 6.45) is 21.9. The fourth-order valence-corrected chi connectivity index (χ4v) is 2.07. The van der Waals surface area contributed by atoms with Gasteiger partial charge in [0.15, 0.2) is 5.78 Å². The molecule has 0 spiro atoms. The van der Waals surface area contributed by atoms with E-state index < -0.39 is 0 Å². The Morgan fingerprint density at radius 1 is 0.500 bits per heavy atom. The van der Waals surface area contributed by atoms with Gasteiger partial charge in [0.1, 0.15) is 0 Å². The summed E-state index contributed by atoms with van der Waals surface area (Å²) in [5.74, 6) is -0.0432. The number of hydrogen-bond acceptors (Lipinski definition) is 1. The van der Waals surface area contributed by atoms with Crippen molar-refractivity contribution in [2.45, 2.75) is 0 Å². The molecule has 2 aromatic carbocycles. The van der Waals surface area contributed by atoms with Gasteiger partial charge >= 0.3 is 0 Å². The molecule has 0 aliphatic carbocycles. The van der Waals surface area contributed by atoms with Gasteiger partial charge in [0.05, 0.1) is 0 Å².